The molecule has 8 aromatic rings. The Morgan fingerprint density at radius 2 is 0.492 bits per heavy atom. The molecule has 63 heavy (non-hydrogen) atoms. The van der Waals surface area contributed by atoms with E-state index in [-0.39, 0.29) is 0 Å². The number of aromatic nitrogens is 2. The van der Waals surface area contributed by atoms with Gasteiger partial charge in [-0.2, -0.15) is 0 Å². The highest BCUT2D eigenvalue weighted by Gasteiger charge is 2.22. The molecule has 0 fully saturated rings. The van der Waals surface area contributed by atoms with Gasteiger partial charge in [0.25, 0.3) is 0 Å². The monoisotopic (exact) mass is 847 g/mol. The molecule has 0 aliphatic rings. The van der Waals surface area contributed by atoms with Crippen molar-refractivity contribution in [2.75, 3.05) is 0 Å². The van der Waals surface area contributed by atoms with Crippen LogP contribution in [-0.2, 0) is 7.05 Å². The number of fused-ring (bicyclic) bond motifs is 6. The van der Waals surface area contributed by atoms with E-state index in [1.54, 1.807) is 0 Å². The van der Waals surface area contributed by atoms with Gasteiger partial charge in [-0.3, -0.25) is 0 Å². The summed E-state index contributed by atoms with van der Waals surface area (Å²) in [6.45, 7) is 52.3. The Hall–Kier alpha value is -5.08. The molecule has 0 atom stereocenters. The maximum atomic E-state index is 3.73. The van der Waals surface area contributed by atoms with E-state index in [1.807, 2.05) is 77.9 Å². The van der Waals surface area contributed by atoms with Crippen LogP contribution in [0.15, 0.2) is 60.7 Å². The second kappa shape index (κ2) is 23.6. The van der Waals surface area contributed by atoms with Crippen LogP contribution in [0.2, 0.25) is 0 Å². The molecule has 6 aromatic carbocycles. The molecular weight excluding hydrogens is 761 g/mol. The minimum atomic E-state index is 1.32. The fraction of sp³-hybridized carbons (Fsp3) is 0.410. The normalized spacial score (nSPS) is 10.3. The highest BCUT2D eigenvalue weighted by Crippen LogP contribution is 2.42. The Morgan fingerprint density at radius 3 is 0.730 bits per heavy atom. The van der Waals surface area contributed by atoms with Crippen LogP contribution in [0.4, 0.5) is 0 Å². The summed E-state index contributed by atoms with van der Waals surface area (Å²) in [5, 5.41) is 5.77. The van der Waals surface area contributed by atoms with E-state index in [1.165, 1.54) is 144 Å². The number of benzene rings is 6. The van der Waals surface area contributed by atoms with Crippen molar-refractivity contribution in [1.82, 2.24) is 9.55 Å². The summed E-state index contributed by atoms with van der Waals surface area (Å²) < 4.78 is 2.42. The van der Waals surface area contributed by atoms with Crippen molar-refractivity contribution in [3.8, 4) is 0 Å². The van der Waals surface area contributed by atoms with E-state index >= 15 is 0 Å². The van der Waals surface area contributed by atoms with Crippen LogP contribution in [0, 0.1) is 125 Å². The first-order chi connectivity index (χ1) is 29.8. The Balaban J connectivity index is 0.000000306. The summed E-state index contributed by atoms with van der Waals surface area (Å²) in [5.74, 6) is 0. The summed E-state index contributed by atoms with van der Waals surface area (Å²) in [5.41, 5.74) is 30.9. The molecule has 0 unspecified atom stereocenters. The Labute approximate surface area is 385 Å². The molecule has 340 valence electrons. The SMILES string of the molecule is CC.CC.CC.Cc1c(C)c(C)c2c([nH]c3c(C)c(C)c(C)c(C)c32)c1C.Cc1c(C)c(C)c2c(c1C)c1c(C)c(C)c(C)c(C)c1n2C.Cc1ccccc1.Cc1ccccc1. The van der Waals surface area contributed by atoms with Gasteiger partial charge in [-0.25, -0.2) is 0 Å². The van der Waals surface area contributed by atoms with E-state index < -0.39 is 0 Å². The number of nitrogens with zero attached hydrogens (tertiary/aromatic N) is 1. The standard InChI is InChI=1S/C21H27N.C20H25N.2C7H8.3C2H6/c1-10-12(3)16(7)20-18(14(10)5)19-15(6)11(2)13(4)17(8)21(19)22(20)9;1-9-11(3)15(7)19-17(13(9)5)18-14(6)10(2)12(4)16(8)20(18)21-19;2*1-7-5-3-2-4-6-7;3*1-2/h1-9H3;21H,1-8H3;2*2-6H,1H3;3*1-2H3. The molecule has 2 heteroatoms. The van der Waals surface area contributed by atoms with Crippen LogP contribution in [-0.4, -0.2) is 9.55 Å². The van der Waals surface area contributed by atoms with Crippen LogP contribution < -0.4 is 0 Å². The van der Waals surface area contributed by atoms with Crippen LogP contribution in [0.3, 0.4) is 0 Å². The lowest BCUT2D eigenvalue weighted by atomic mass is 9.90. The second-order valence-corrected chi connectivity index (χ2v) is 16.9. The average Bonchev–Trinajstić information content (AvgIpc) is 3.86. The molecule has 8 rings (SSSR count). The van der Waals surface area contributed by atoms with E-state index in [0.29, 0.717) is 0 Å². The zero-order valence-electron chi connectivity index (χ0n) is 44.7. The predicted octanol–water partition coefficient (Wildman–Crippen LogP) is 18.7. The number of hydrogen-bond donors (Lipinski definition) is 1. The molecule has 0 aliphatic carbocycles. The molecule has 2 aromatic heterocycles. The molecule has 0 bridgehead atoms. The maximum Gasteiger partial charge on any atom is 0.0524 e. The average molecular weight is 847 g/mol. The third-order valence-electron chi connectivity index (χ3n) is 14.0. The van der Waals surface area contributed by atoms with Crippen LogP contribution in [0.1, 0.15) is 142 Å². The quantitative estimate of drug-likeness (QED) is 0.157. The van der Waals surface area contributed by atoms with Crippen molar-refractivity contribution < 1.29 is 0 Å². The van der Waals surface area contributed by atoms with Gasteiger partial charge in [0.15, 0.2) is 0 Å². The van der Waals surface area contributed by atoms with Gasteiger partial charge in [0.2, 0.25) is 0 Å². The first-order valence-corrected chi connectivity index (χ1v) is 23.7. The van der Waals surface area contributed by atoms with E-state index in [0.717, 1.165) is 0 Å². The first-order valence-electron chi connectivity index (χ1n) is 23.7. The summed E-state index contributed by atoms with van der Waals surface area (Å²) in [6.07, 6.45) is 0. The Kier molecular flexibility index (Phi) is 20.2. The molecule has 1 N–H and O–H groups in total. The zero-order valence-corrected chi connectivity index (χ0v) is 44.7. The summed E-state index contributed by atoms with van der Waals surface area (Å²) in [4.78, 5) is 3.73. The highest BCUT2D eigenvalue weighted by molar-refractivity contribution is 6.15. The molecule has 0 spiro atoms. The zero-order chi connectivity index (χ0) is 48.4. The number of rotatable bonds is 0. The van der Waals surface area contributed by atoms with Crippen molar-refractivity contribution in [3.05, 3.63) is 161 Å². The third kappa shape index (κ3) is 10.7. The van der Waals surface area contributed by atoms with Crippen molar-refractivity contribution in [2.24, 2.45) is 7.05 Å². The molecule has 0 saturated carbocycles. The van der Waals surface area contributed by atoms with Gasteiger partial charge in [-0.05, 0) is 214 Å². The molecule has 2 heterocycles. The summed E-state index contributed by atoms with van der Waals surface area (Å²) in [6, 6.07) is 20.5. The fourth-order valence-corrected chi connectivity index (χ4v) is 8.90. The topological polar surface area (TPSA) is 20.7 Å². The number of H-pyrrole nitrogens is 1. The van der Waals surface area contributed by atoms with Crippen molar-refractivity contribution >= 4 is 43.6 Å². The number of hydrogen-bond acceptors (Lipinski definition) is 0. The fourth-order valence-electron chi connectivity index (χ4n) is 8.90. The second-order valence-electron chi connectivity index (χ2n) is 16.9. The van der Waals surface area contributed by atoms with Crippen LogP contribution >= 0.6 is 0 Å². The van der Waals surface area contributed by atoms with Gasteiger partial charge in [0.1, 0.15) is 0 Å². The van der Waals surface area contributed by atoms with E-state index in [2.05, 4.69) is 165 Å². The van der Waals surface area contributed by atoms with Crippen molar-refractivity contribution in [1.29, 1.82) is 0 Å². The Morgan fingerprint density at radius 1 is 0.270 bits per heavy atom. The van der Waals surface area contributed by atoms with Crippen LogP contribution in [0.5, 0.6) is 0 Å². The lowest BCUT2D eigenvalue weighted by Gasteiger charge is -2.13. The largest absolute Gasteiger partial charge is 0.354 e. The number of aromatic amines is 1. The molecule has 0 saturated heterocycles. The maximum absolute atomic E-state index is 3.73. The minimum absolute atomic E-state index is 1.32. The smallest absolute Gasteiger partial charge is 0.0524 e. The molecule has 0 radical (unpaired) electrons. The predicted molar refractivity (Wildman–Crippen MR) is 288 cm³/mol. The third-order valence-corrected chi connectivity index (χ3v) is 14.0. The van der Waals surface area contributed by atoms with Crippen LogP contribution in [0.25, 0.3) is 43.6 Å². The Bertz CT molecular complexity index is 2600. The van der Waals surface area contributed by atoms with E-state index in [9.17, 15) is 0 Å². The molecule has 0 amide bonds. The molecule has 2 nitrogen and oxygen atoms in total. The van der Waals surface area contributed by atoms with Crippen molar-refractivity contribution in [2.45, 2.75) is 166 Å². The van der Waals surface area contributed by atoms with Crippen molar-refractivity contribution in [3.63, 3.8) is 0 Å². The van der Waals surface area contributed by atoms with E-state index in [4.69, 9.17) is 0 Å². The lowest BCUT2D eigenvalue weighted by Crippen LogP contribution is -1.97. The summed E-state index contributed by atoms with van der Waals surface area (Å²) >= 11 is 0. The van der Waals surface area contributed by atoms with Gasteiger partial charge in [-0.1, -0.05) is 113 Å². The van der Waals surface area contributed by atoms with Gasteiger partial charge in [0.05, 0.1) is 11.0 Å². The van der Waals surface area contributed by atoms with Gasteiger partial charge in [0, 0.05) is 39.6 Å². The minimum Gasteiger partial charge on any atom is -0.354 e. The molecule has 0 aliphatic heterocycles. The van der Waals surface area contributed by atoms with Gasteiger partial charge < -0.3 is 9.55 Å². The number of nitrogens with one attached hydrogen (secondary N) is 1. The lowest BCUT2D eigenvalue weighted by molar-refractivity contribution is 0.994. The number of aryl methyl sites for hydroxylation is 11. The molecular formula is C61H86N2. The highest BCUT2D eigenvalue weighted by atomic mass is 14.9. The van der Waals surface area contributed by atoms with Gasteiger partial charge in [-0.15, -0.1) is 0 Å². The van der Waals surface area contributed by atoms with Gasteiger partial charge >= 0.3 is 0 Å². The summed E-state index contributed by atoms with van der Waals surface area (Å²) in [7, 11) is 2.23. The first kappa shape index (κ1) is 54.1.